The first-order valence-corrected chi connectivity index (χ1v) is 11.8. The number of carbonyl (C=O) groups is 1. The highest BCUT2D eigenvalue weighted by Gasteiger charge is 2.30. The van der Waals surface area contributed by atoms with Crippen LogP contribution in [0.5, 0.6) is 5.75 Å². The molecule has 36 heavy (non-hydrogen) atoms. The zero-order chi connectivity index (χ0) is 25.8. The summed E-state index contributed by atoms with van der Waals surface area (Å²) >= 11 is 0. The van der Waals surface area contributed by atoms with Gasteiger partial charge >= 0.3 is 0 Å². The number of benzene rings is 2. The van der Waals surface area contributed by atoms with Crippen molar-refractivity contribution in [2.24, 2.45) is 0 Å². The van der Waals surface area contributed by atoms with Gasteiger partial charge < -0.3 is 14.6 Å². The van der Waals surface area contributed by atoms with Crippen LogP contribution in [0.1, 0.15) is 31.3 Å². The maximum atomic E-state index is 12.9. The topological polar surface area (TPSA) is 127 Å². The summed E-state index contributed by atoms with van der Waals surface area (Å²) in [4.78, 5) is 32.5. The second-order valence-corrected chi connectivity index (χ2v) is 8.88. The standard InChI is InChI=1S/C25H30N6O5/c1-16-5-7-19(8-6-16)23-27-25(36-28-23)18(3)30-13-11-29(12-14-30)17(2)24(32)26-21-15-20(31(33)34)9-10-22(21)35-4/h5-10,15,17-18H,11-14H2,1-4H3,(H,26,32). The molecule has 0 bridgehead atoms. The summed E-state index contributed by atoms with van der Waals surface area (Å²) in [5.41, 5.74) is 2.23. The van der Waals surface area contributed by atoms with Crippen molar-refractivity contribution in [1.82, 2.24) is 19.9 Å². The Morgan fingerprint density at radius 1 is 1.11 bits per heavy atom. The van der Waals surface area contributed by atoms with Gasteiger partial charge in [0.15, 0.2) is 0 Å². The highest BCUT2D eigenvalue weighted by atomic mass is 16.6. The van der Waals surface area contributed by atoms with Gasteiger partial charge in [0.25, 0.3) is 5.69 Å². The van der Waals surface area contributed by atoms with Crippen molar-refractivity contribution >= 4 is 17.3 Å². The van der Waals surface area contributed by atoms with Gasteiger partial charge in [0.05, 0.1) is 29.8 Å². The van der Waals surface area contributed by atoms with Gasteiger partial charge in [-0.1, -0.05) is 35.0 Å². The van der Waals surface area contributed by atoms with Crippen molar-refractivity contribution in [1.29, 1.82) is 0 Å². The van der Waals surface area contributed by atoms with Crippen LogP contribution >= 0.6 is 0 Å². The Morgan fingerprint density at radius 3 is 2.42 bits per heavy atom. The minimum atomic E-state index is -0.508. The van der Waals surface area contributed by atoms with Crippen LogP contribution in [-0.2, 0) is 4.79 Å². The van der Waals surface area contributed by atoms with E-state index >= 15 is 0 Å². The SMILES string of the molecule is COc1ccc([N+](=O)[O-])cc1NC(=O)C(C)N1CCN(C(C)c2nc(-c3ccc(C)cc3)no2)CC1. The van der Waals surface area contributed by atoms with Gasteiger partial charge in [-0.15, -0.1) is 0 Å². The van der Waals surface area contributed by atoms with Gasteiger partial charge in [0.1, 0.15) is 5.75 Å². The number of aryl methyl sites for hydroxylation is 1. The van der Waals surface area contributed by atoms with Crippen molar-refractivity contribution in [2.45, 2.75) is 32.9 Å². The van der Waals surface area contributed by atoms with E-state index in [9.17, 15) is 14.9 Å². The average Bonchev–Trinajstić information content (AvgIpc) is 3.38. The summed E-state index contributed by atoms with van der Waals surface area (Å²) in [6.07, 6.45) is 0. The largest absolute Gasteiger partial charge is 0.495 e. The lowest BCUT2D eigenvalue weighted by Gasteiger charge is -2.39. The first-order valence-electron chi connectivity index (χ1n) is 11.8. The predicted molar refractivity (Wildman–Crippen MR) is 134 cm³/mol. The number of anilines is 1. The molecule has 0 saturated carbocycles. The Morgan fingerprint density at radius 2 is 1.78 bits per heavy atom. The average molecular weight is 495 g/mol. The number of nitro benzene ring substituents is 1. The molecule has 11 nitrogen and oxygen atoms in total. The molecule has 2 aromatic carbocycles. The van der Waals surface area contributed by atoms with Crippen molar-refractivity contribution in [3.05, 3.63) is 64.0 Å². The van der Waals surface area contributed by atoms with Gasteiger partial charge in [-0.25, -0.2) is 0 Å². The lowest BCUT2D eigenvalue weighted by Crippen LogP contribution is -2.53. The monoisotopic (exact) mass is 494 g/mol. The van der Waals surface area contributed by atoms with Crippen LogP contribution in [0.15, 0.2) is 47.0 Å². The molecule has 3 aromatic rings. The van der Waals surface area contributed by atoms with Crippen molar-refractivity contribution < 1.29 is 19.0 Å². The molecule has 2 unspecified atom stereocenters. The number of non-ortho nitro benzene ring substituents is 1. The highest BCUT2D eigenvalue weighted by molar-refractivity contribution is 5.96. The number of aromatic nitrogens is 2. The van der Waals surface area contributed by atoms with E-state index in [1.807, 2.05) is 45.0 Å². The van der Waals surface area contributed by atoms with E-state index in [1.54, 1.807) is 0 Å². The quantitative estimate of drug-likeness (QED) is 0.368. The van der Waals surface area contributed by atoms with Crippen LogP contribution in [0, 0.1) is 17.0 Å². The fourth-order valence-corrected chi connectivity index (χ4v) is 4.20. The third-order valence-electron chi connectivity index (χ3n) is 6.58. The smallest absolute Gasteiger partial charge is 0.271 e. The maximum absolute atomic E-state index is 12.9. The van der Waals surface area contributed by atoms with E-state index in [-0.39, 0.29) is 23.3 Å². The third kappa shape index (κ3) is 5.52. The Bertz CT molecular complexity index is 1220. The van der Waals surface area contributed by atoms with E-state index in [2.05, 4.69) is 25.3 Å². The number of methoxy groups -OCH3 is 1. The molecule has 0 spiro atoms. The zero-order valence-corrected chi connectivity index (χ0v) is 20.8. The van der Waals surface area contributed by atoms with E-state index in [4.69, 9.17) is 9.26 Å². The molecule has 1 amide bonds. The van der Waals surface area contributed by atoms with Crippen LogP contribution in [0.4, 0.5) is 11.4 Å². The Balaban J connectivity index is 1.34. The zero-order valence-electron chi connectivity index (χ0n) is 20.8. The van der Waals surface area contributed by atoms with Crippen LogP contribution in [0.2, 0.25) is 0 Å². The summed E-state index contributed by atoms with van der Waals surface area (Å²) in [6, 6.07) is 11.6. The first-order chi connectivity index (χ1) is 17.3. The number of amides is 1. The van der Waals surface area contributed by atoms with E-state index in [0.29, 0.717) is 30.6 Å². The maximum Gasteiger partial charge on any atom is 0.271 e. The summed E-state index contributed by atoms with van der Waals surface area (Å²) in [6.45, 7) is 8.68. The number of nitrogens with zero attached hydrogens (tertiary/aromatic N) is 5. The van der Waals surface area contributed by atoms with Gasteiger partial charge in [-0.05, 0) is 26.8 Å². The summed E-state index contributed by atoms with van der Waals surface area (Å²) < 4.78 is 10.8. The summed E-state index contributed by atoms with van der Waals surface area (Å²) in [5, 5.41) is 18.0. The number of carbonyl (C=O) groups excluding carboxylic acids is 1. The second-order valence-electron chi connectivity index (χ2n) is 8.88. The first kappa shape index (κ1) is 25.3. The number of hydrogen-bond donors (Lipinski definition) is 1. The Labute approximate surface area is 209 Å². The summed E-state index contributed by atoms with van der Waals surface area (Å²) in [7, 11) is 1.45. The van der Waals surface area contributed by atoms with Crippen molar-refractivity contribution in [3.8, 4) is 17.1 Å². The van der Waals surface area contributed by atoms with E-state index < -0.39 is 11.0 Å². The Kier molecular flexibility index (Phi) is 7.61. The third-order valence-corrected chi connectivity index (χ3v) is 6.58. The fraction of sp³-hybridized carbons (Fsp3) is 0.400. The molecule has 1 saturated heterocycles. The summed E-state index contributed by atoms with van der Waals surface area (Å²) in [5.74, 6) is 1.24. The van der Waals surface area contributed by atoms with E-state index in [0.717, 1.165) is 18.7 Å². The van der Waals surface area contributed by atoms with Gasteiger partial charge in [0, 0.05) is 43.9 Å². The molecule has 1 aliphatic rings. The van der Waals surface area contributed by atoms with Gasteiger partial charge in [0.2, 0.25) is 17.6 Å². The highest BCUT2D eigenvalue weighted by Crippen LogP contribution is 2.29. The molecule has 0 aliphatic carbocycles. The van der Waals surface area contributed by atoms with Crippen molar-refractivity contribution in [3.63, 3.8) is 0 Å². The second kappa shape index (κ2) is 10.8. The Hall–Kier alpha value is -3.83. The molecule has 1 aromatic heterocycles. The number of nitro groups is 1. The number of piperazine rings is 1. The lowest BCUT2D eigenvalue weighted by molar-refractivity contribution is -0.384. The molecule has 1 N–H and O–H groups in total. The lowest BCUT2D eigenvalue weighted by atomic mass is 10.1. The van der Waals surface area contributed by atoms with Crippen LogP contribution in [0.25, 0.3) is 11.4 Å². The normalized spacial score (nSPS) is 16.3. The van der Waals surface area contributed by atoms with Crippen LogP contribution in [-0.4, -0.2) is 70.1 Å². The minimum Gasteiger partial charge on any atom is -0.495 e. The molecular formula is C25H30N6O5. The molecular weight excluding hydrogens is 464 g/mol. The molecule has 2 atom stereocenters. The molecule has 190 valence electrons. The van der Waals surface area contributed by atoms with E-state index in [1.165, 1.54) is 30.9 Å². The predicted octanol–water partition coefficient (Wildman–Crippen LogP) is 3.67. The van der Waals surface area contributed by atoms with Crippen LogP contribution in [0.3, 0.4) is 0 Å². The number of rotatable bonds is 8. The molecule has 1 aliphatic heterocycles. The fourth-order valence-electron chi connectivity index (χ4n) is 4.20. The molecule has 11 heteroatoms. The van der Waals surface area contributed by atoms with Gasteiger partial charge in [-0.3, -0.25) is 24.7 Å². The number of ether oxygens (including phenoxy) is 1. The van der Waals surface area contributed by atoms with Crippen LogP contribution < -0.4 is 10.1 Å². The van der Waals surface area contributed by atoms with Gasteiger partial charge in [-0.2, -0.15) is 4.98 Å². The number of nitrogens with one attached hydrogen (secondary N) is 1. The molecule has 1 fully saturated rings. The molecule has 2 heterocycles. The van der Waals surface area contributed by atoms with Crippen molar-refractivity contribution in [2.75, 3.05) is 38.6 Å². The molecule has 0 radical (unpaired) electrons. The number of hydrogen-bond acceptors (Lipinski definition) is 9. The minimum absolute atomic E-state index is 0.0582. The molecule has 4 rings (SSSR count).